The molecule has 18 heavy (non-hydrogen) atoms. The summed E-state index contributed by atoms with van der Waals surface area (Å²) in [5, 5.41) is 0. The summed E-state index contributed by atoms with van der Waals surface area (Å²) in [6.07, 6.45) is 3.19. The van der Waals surface area contributed by atoms with E-state index in [-0.39, 0.29) is 0 Å². The van der Waals surface area contributed by atoms with E-state index in [4.69, 9.17) is 10.6 Å². The van der Waals surface area contributed by atoms with Gasteiger partial charge >= 0.3 is 0 Å². The van der Waals surface area contributed by atoms with Crippen LogP contribution < -0.4 is 16.0 Å². The largest absolute Gasteiger partial charge is 0.487 e. The van der Waals surface area contributed by atoms with Crippen molar-refractivity contribution in [2.24, 2.45) is 5.84 Å². The van der Waals surface area contributed by atoms with Crippen molar-refractivity contribution in [3.05, 3.63) is 46.3 Å². The molecule has 2 aromatic rings. The first-order chi connectivity index (χ1) is 8.69. The first-order valence-electron chi connectivity index (χ1n) is 5.35. The zero-order valence-corrected chi connectivity index (χ0v) is 11.4. The summed E-state index contributed by atoms with van der Waals surface area (Å²) in [6, 6.07) is 5.82. The van der Waals surface area contributed by atoms with Gasteiger partial charge in [0, 0.05) is 4.47 Å². The summed E-state index contributed by atoms with van der Waals surface area (Å²) >= 11 is 3.44. The molecule has 1 aromatic heterocycles. The highest BCUT2D eigenvalue weighted by Gasteiger charge is 2.01. The monoisotopic (exact) mass is 308 g/mol. The van der Waals surface area contributed by atoms with Gasteiger partial charge in [-0.25, -0.2) is 10.8 Å². The Morgan fingerprint density at radius 2 is 2.17 bits per heavy atom. The Bertz CT molecular complexity index is 530. The number of hydrogen-bond acceptors (Lipinski definition) is 5. The van der Waals surface area contributed by atoms with Crippen LogP contribution in [0, 0.1) is 6.92 Å². The van der Waals surface area contributed by atoms with Gasteiger partial charge in [0.05, 0.1) is 18.1 Å². The molecule has 0 saturated carbocycles. The number of hydrazine groups is 1. The van der Waals surface area contributed by atoms with Crippen LogP contribution in [0.15, 0.2) is 35.1 Å². The van der Waals surface area contributed by atoms with Gasteiger partial charge in [-0.15, -0.1) is 0 Å². The lowest BCUT2D eigenvalue weighted by atomic mass is 10.2. The lowest BCUT2D eigenvalue weighted by Gasteiger charge is -2.07. The van der Waals surface area contributed by atoms with E-state index in [0.717, 1.165) is 21.5 Å². The first kappa shape index (κ1) is 12.8. The molecule has 0 bridgehead atoms. The van der Waals surface area contributed by atoms with Crippen molar-refractivity contribution < 1.29 is 4.74 Å². The summed E-state index contributed by atoms with van der Waals surface area (Å²) < 4.78 is 6.69. The van der Waals surface area contributed by atoms with Crippen LogP contribution in [0.1, 0.15) is 11.3 Å². The van der Waals surface area contributed by atoms with E-state index in [0.29, 0.717) is 12.4 Å². The van der Waals surface area contributed by atoms with Crippen molar-refractivity contribution >= 4 is 21.7 Å². The third kappa shape index (κ3) is 3.18. The molecule has 0 aliphatic carbocycles. The number of nitrogens with one attached hydrogen (secondary N) is 1. The number of ether oxygens (including phenoxy) is 1. The van der Waals surface area contributed by atoms with Crippen LogP contribution in [-0.4, -0.2) is 9.97 Å². The molecule has 2 rings (SSSR count). The van der Waals surface area contributed by atoms with E-state index in [1.807, 2.05) is 25.1 Å². The number of rotatable bonds is 4. The molecular weight excluding hydrogens is 296 g/mol. The van der Waals surface area contributed by atoms with Gasteiger partial charge in [0.1, 0.15) is 12.4 Å². The smallest absolute Gasteiger partial charge is 0.158 e. The molecule has 0 atom stereocenters. The minimum atomic E-state index is 0.374. The zero-order chi connectivity index (χ0) is 13.0. The number of nitrogens with two attached hydrogens (primary N) is 1. The lowest BCUT2D eigenvalue weighted by Crippen LogP contribution is -2.09. The third-order valence-electron chi connectivity index (χ3n) is 2.37. The third-order valence-corrected chi connectivity index (χ3v) is 3.26. The standard InChI is InChI=1S/C12H13BrN4O/c1-8-4-10(2-3-11(8)13)18-7-9-5-16-12(17-14)6-15-9/h2-6H,7,14H2,1H3,(H,16,17). The molecule has 0 amide bonds. The number of nitrogen functional groups attached to an aromatic ring is 1. The normalized spacial score (nSPS) is 10.2. The van der Waals surface area contributed by atoms with E-state index < -0.39 is 0 Å². The topological polar surface area (TPSA) is 73.1 Å². The lowest BCUT2D eigenvalue weighted by molar-refractivity contribution is 0.300. The number of anilines is 1. The van der Waals surface area contributed by atoms with Gasteiger partial charge in [-0.3, -0.25) is 4.98 Å². The predicted molar refractivity (Wildman–Crippen MR) is 73.1 cm³/mol. The Morgan fingerprint density at radius 3 is 2.78 bits per heavy atom. The molecule has 0 spiro atoms. The van der Waals surface area contributed by atoms with Gasteiger partial charge < -0.3 is 10.2 Å². The van der Waals surface area contributed by atoms with Crippen LogP contribution in [0.2, 0.25) is 0 Å². The minimum Gasteiger partial charge on any atom is -0.487 e. The summed E-state index contributed by atoms with van der Waals surface area (Å²) in [5.41, 5.74) is 4.29. The van der Waals surface area contributed by atoms with E-state index in [1.165, 1.54) is 0 Å². The zero-order valence-electron chi connectivity index (χ0n) is 9.85. The Morgan fingerprint density at radius 1 is 1.33 bits per heavy atom. The van der Waals surface area contributed by atoms with Crippen molar-refractivity contribution in [1.29, 1.82) is 0 Å². The Hall–Kier alpha value is -1.66. The number of halogens is 1. The van der Waals surface area contributed by atoms with Gasteiger partial charge in [0.15, 0.2) is 5.82 Å². The highest BCUT2D eigenvalue weighted by Crippen LogP contribution is 2.22. The van der Waals surface area contributed by atoms with Crippen molar-refractivity contribution in [3.8, 4) is 5.75 Å². The van der Waals surface area contributed by atoms with Crippen molar-refractivity contribution in [2.45, 2.75) is 13.5 Å². The summed E-state index contributed by atoms with van der Waals surface area (Å²) in [7, 11) is 0. The van der Waals surface area contributed by atoms with E-state index in [1.54, 1.807) is 12.4 Å². The van der Waals surface area contributed by atoms with Gasteiger partial charge in [0.25, 0.3) is 0 Å². The fourth-order valence-corrected chi connectivity index (χ4v) is 1.61. The fraction of sp³-hybridized carbons (Fsp3) is 0.167. The summed E-state index contributed by atoms with van der Waals surface area (Å²) in [4.78, 5) is 8.22. The molecule has 0 fully saturated rings. The Balaban J connectivity index is 1.99. The molecule has 1 heterocycles. The second kappa shape index (κ2) is 5.79. The highest BCUT2D eigenvalue weighted by atomic mass is 79.9. The second-order valence-corrected chi connectivity index (χ2v) is 4.59. The average molecular weight is 309 g/mol. The highest BCUT2D eigenvalue weighted by molar-refractivity contribution is 9.10. The molecule has 6 heteroatoms. The number of benzene rings is 1. The van der Waals surface area contributed by atoms with Gasteiger partial charge in [-0.1, -0.05) is 15.9 Å². The molecule has 1 aromatic carbocycles. The maximum Gasteiger partial charge on any atom is 0.158 e. The molecule has 0 aliphatic heterocycles. The SMILES string of the molecule is Cc1cc(OCc2cnc(NN)cn2)ccc1Br. The van der Waals surface area contributed by atoms with Crippen LogP contribution in [0.3, 0.4) is 0 Å². The number of aromatic nitrogens is 2. The van der Waals surface area contributed by atoms with Crippen molar-refractivity contribution in [1.82, 2.24) is 9.97 Å². The van der Waals surface area contributed by atoms with E-state index in [9.17, 15) is 0 Å². The predicted octanol–water partition coefficient (Wildman–Crippen LogP) is 2.41. The second-order valence-electron chi connectivity index (χ2n) is 3.74. The van der Waals surface area contributed by atoms with Gasteiger partial charge in [0.2, 0.25) is 0 Å². The van der Waals surface area contributed by atoms with Crippen LogP contribution in [0.4, 0.5) is 5.82 Å². The van der Waals surface area contributed by atoms with Gasteiger partial charge in [-0.2, -0.15) is 0 Å². The fourth-order valence-electron chi connectivity index (χ4n) is 1.37. The number of hydrogen-bond donors (Lipinski definition) is 2. The molecule has 5 nitrogen and oxygen atoms in total. The molecular formula is C12H13BrN4O. The van der Waals surface area contributed by atoms with E-state index in [2.05, 4.69) is 31.3 Å². The molecule has 3 N–H and O–H groups in total. The number of aryl methyl sites for hydroxylation is 1. The van der Waals surface area contributed by atoms with Crippen LogP contribution in [0.25, 0.3) is 0 Å². The number of nitrogens with zero attached hydrogens (tertiary/aromatic N) is 2. The molecule has 0 unspecified atom stereocenters. The quantitative estimate of drug-likeness (QED) is 0.670. The maximum atomic E-state index is 5.63. The maximum absolute atomic E-state index is 5.63. The molecule has 0 saturated heterocycles. The van der Waals surface area contributed by atoms with E-state index >= 15 is 0 Å². The molecule has 94 valence electrons. The first-order valence-corrected chi connectivity index (χ1v) is 6.15. The van der Waals surface area contributed by atoms with Crippen LogP contribution >= 0.6 is 15.9 Å². The van der Waals surface area contributed by atoms with Gasteiger partial charge in [-0.05, 0) is 30.7 Å². The Labute approximate surface area is 113 Å². The Kier molecular flexibility index (Phi) is 4.11. The molecule has 0 aliphatic rings. The minimum absolute atomic E-state index is 0.374. The molecule has 0 radical (unpaired) electrons. The van der Waals surface area contributed by atoms with Crippen molar-refractivity contribution in [2.75, 3.05) is 5.43 Å². The summed E-state index contributed by atoms with van der Waals surface area (Å²) in [5.74, 6) is 6.54. The van der Waals surface area contributed by atoms with Crippen LogP contribution in [-0.2, 0) is 6.61 Å². The summed E-state index contributed by atoms with van der Waals surface area (Å²) in [6.45, 7) is 2.39. The average Bonchev–Trinajstić information content (AvgIpc) is 2.41. The van der Waals surface area contributed by atoms with Crippen LogP contribution in [0.5, 0.6) is 5.75 Å². The van der Waals surface area contributed by atoms with Crippen molar-refractivity contribution in [3.63, 3.8) is 0 Å².